The van der Waals surface area contributed by atoms with Crippen LogP contribution in [0.4, 0.5) is 11.6 Å². The summed E-state index contributed by atoms with van der Waals surface area (Å²) in [6, 6.07) is 2.06. The summed E-state index contributed by atoms with van der Waals surface area (Å²) in [6.07, 6.45) is 2.45. The van der Waals surface area contributed by atoms with Crippen molar-refractivity contribution < 1.29 is 0 Å². The molecular formula is C15H26N4. The van der Waals surface area contributed by atoms with Gasteiger partial charge in [0.05, 0.1) is 0 Å². The third kappa shape index (κ3) is 2.82. The topological polar surface area (TPSA) is 41.0 Å². The van der Waals surface area contributed by atoms with Gasteiger partial charge in [-0.05, 0) is 26.7 Å². The number of nitrogens with one attached hydrogen (secondary N) is 1. The molecule has 1 saturated heterocycles. The minimum atomic E-state index is -0.0362. The van der Waals surface area contributed by atoms with Crippen LogP contribution < -0.4 is 10.2 Å². The molecule has 1 aliphatic rings. The summed E-state index contributed by atoms with van der Waals surface area (Å²) in [5.74, 6) is 2.85. The van der Waals surface area contributed by atoms with Crippen LogP contribution in [-0.2, 0) is 5.41 Å². The minimum absolute atomic E-state index is 0.0362. The second kappa shape index (κ2) is 4.66. The van der Waals surface area contributed by atoms with Gasteiger partial charge in [-0.25, -0.2) is 9.97 Å². The molecule has 106 valence electrons. The lowest BCUT2D eigenvalue weighted by molar-refractivity contribution is 0.506. The molecule has 0 radical (unpaired) electrons. The van der Waals surface area contributed by atoms with Crippen molar-refractivity contribution in [3.05, 3.63) is 11.9 Å². The van der Waals surface area contributed by atoms with Crippen molar-refractivity contribution in [2.75, 3.05) is 23.8 Å². The lowest BCUT2D eigenvalue weighted by atomic mass is 9.95. The lowest BCUT2D eigenvalue weighted by Gasteiger charge is -2.33. The van der Waals surface area contributed by atoms with Crippen LogP contribution in [0.15, 0.2) is 6.07 Å². The van der Waals surface area contributed by atoms with Gasteiger partial charge in [-0.2, -0.15) is 0 Å². The van der Waals surface area contributed by atoms with Crippen molar-refractivity contribution >= 4 is 11.6 Å². The molecule has 1 fully saturated rings. The Morgan fingerprint density at radius 2 is 1.95 bits per heavy atom. The van der Waals surface area contributed by atoms with E-state index in [1.54, 1.807) is 0 Å². The third-order valence-corrected chi connectivity index (χ3v) is 3.82. The van der Waals surface area contributed by atoms with Crippen LogP contribution in [0.5, 0.6) is 0 Å². The predicted octanol–water partition coefficient (Wildman–Crippen LogP) is 3.19. The Kier molecular flexibility index (Phi) is 3.45. The molecule has 0 aliphatic carbocycles. The van der Waals surface area contributed by atoms with E-state index in [1.165, 1.54) is 12.8 Å². The summed E-state index contributed by atoms with van der Waals surface area (Å²) in [5, 5.41) is 3.15. The average molecular weight is 262 g/mol. The van der Waals surface area contributed by atoms with Gasteiger partial charge in [0.25, 0.3) is 0 Å². The standard InChI is InChI=1S/C15H26N4/c1-14(2,3)13-17-11(16-6)10-12(18-13)19-9-7-8-15(19,4)5/h10H,7-9H2,1-6H3,(H,16,17,18). The van der Waals surface area contributed by atoms with E-state index in [4.69, 9.17) is 4.98 Å². The Balaban J connectivity index is 2.46. The Bertz CT molecular complexity index is 460. The monoisotopic (exact) mass is 262 g/mol. The predicted molar refractivity (Wildman–Crippen MR) is 80.9 cm³/mol. The zero-order valence-electron chi connectivity index (χ0n) is 13.0. The van der Waals surface area contributed by atoms with E-state index < -0.39 is 0 Å². The number of nitrogens with zero attached hydrogens (tertiary/aromatic N) is 3. The van der Waals surface area contributed by atoms with Crippen molar-refractivity contribution in [2.45, 2.75) is 58.4 Å². The van der Waals surface area contributed by atoms with Gasteiger partial charge in [0.2, 0.25) is 0 Å². The Morgan fingerprint density at radius 3 is 2.42 bits per heavy atom. The van der Waals surface area contributed by atoms with E-state index in [9.17, 15) is 0 Å². The highest BCUT2D eigenvalue weighted by atomic mass is 15.3. The molecule has 0 atom stereocenters. The molecule has 0 bridgehead atoms. The molecule has 19 heavy (non-hydrogen) atoms. The van der Waals surface area contributed by atoms with Crippen LogP contribution in [0, 0.1) is 0 Å². The first kappa shape index (κ1) is 14.1. The number of anilines is 2. The molecule has 0 amide bonds. The average Bonchev–Trinajstić information content (AvgIpc) is 2.67. The maximum atomic E-state index is 4.81. The van der Waals surface area contributed by atoms with Crippen LogP contribution in [-0.4, -0.2) is 29.1 Å². The second-order valence-corrected chi connectivity index (χ2v) is 7.00. The zero-order chi connectivity index (χ0) is 14.3. The normalized spacial score (nSPS) is 18.7. The van der Waals surface area contributed by atoms with E-state index in [0.29, 0.717) is 0 Å². The Hall–Kier alpha value is -1.32. The van der Waals surface area contributed by atoms with Crippen LogP contribution in [0.25, 0.3) is 0 Å². The fourth-order valence-electron chi connectivity index (χ4n) is 2.57. The first-order valence-corrected chi connectivity index (χ1v) is 7.09. The van der Waals surface area contributed by atoms with Gasteiger partial charge in [0.15, 0.2) is 0 Å². The first-order valence-electron chi connectivity index (χ1n) is 7.09. The fraction of sp³-hybridized carbons (Fsp3) is 0.733. The van der Waals surface area contributed by atoms with Crippen LogP contribution >= 0.6 is 0 Å². The molecule has 2 heterocycles. The Morgan fingerprint density at radius 1 is 1.26 bits per heavy atom. The second-order valence-electron chi connectivity index (χ2n) is 7.00. The maximum absolute atomic E-state index is 4.81. The highest BCUT2D eigenvalue weighted by Gasteiger charge is 2.33. The quantitative estimate of drug-likeness (QED) is 0.888. The molecule has 2 rings (SSSR count). The molecule has 1 N–H and O–H groups in total. The first-order chi connectivity index (χ1) is 8.74. The molecule has 4 nitrogen and oxygen atoms in total. The number of hydrogen-bond donors (Lipinski definition) is 1. The summed E-state index contributed by atoms with van der Waals surface area (Å²) in [4.78, 5) is 11.8. The molecule has 1 aromatic rings. The van der Waals surface area contributed by atoms with Crippen molar-refractivity contribution in [2.24, 2.45) is 0 Å². The summed E-state index contributed by atoms with van der Waals surface area (Å²) in [7, 11) is 1.91. The number of hydrogen-bond acceptors (Lipinski definition) is 4. The summed E-state index contributed by atoms with van der Waals surface area (Å²) < 4.78 is 0. The molecule has 0 spiro atoms. The largest absolute Gasteiger partial charge is 0.373 e. The van der Waals surface area contributed by atoms with Gasteiger partial charge in [-0.15, -0.1) is 0 Å². The molecule has 1 aliphatic heterocycles. The van der Waals surface area contributed by atoms with Gasteiger partial charge < -0.3 is 10.2 Å². The smallest absolute Gasteiger partial charge is 0.138 e. The highest BCUT2D eigenvalue weighted by molar-refractivity contribution is 5.52. The molecule has 0 unspecified atom stereocenters. The zero-order valence-corrected chi connectivity index (χ0v) is 13.0. The number of rotatable bonds is 2. The molecule has 0 aromatic carbocycles. The van der Waals surface area contributed by atoms with Crippen LogP contribution in [0.1, 0.15) is 53.3 Å². The van der Waals surface area contributed by atoms with Crippen molar-refractivity contribution in [1.82, 2.24) is 9.97 Å². The third-order valence-electron chi connectivity index (χ3n) is 3.82. The minimum Gasteiger partial charge on any atom is -0.373 e. The van der Waals surface area contributed by atoms with Gasteiger partial charge >= 0.3 is 0 Å². The maximum Gasteiger partial charge on any atom is 0.138 e. The Labute approximate surface area is 116 Å². The van der Waals surface area contributed by atoms with Crippen molar-refractivity contribution in [3.8, 4) is 0 Å². The molecular weight excluding hydrogens is 236 g/mol. The van der Waals surface area contributed by atoms with E-state index in [-0.39, 0.29) is 11.0 Å². The lowest BCUT2D eigenvalue weighted by Crippen LogP contribution is -2.39. The van der Waals surface area contributed by atoms with Gasteiger partial charge in [-0.3, -0.25) is 0 Å². The van der Waals surface area contributed by atoms with Gasteiger partial charge in [0, 0.05) is 30.6 Å². The molecule has 4 heteroatoms. The summed E-state index contributed by atoms with van der Waals surface area (Å²) in [6.45, 7) is 12.1. The van der Waals surface area contributed by atoms with Crippen molar-refractivity contribution in [3.63, 3.8) is 0 Å². The molecule has 0 saturated carbocycles. The van der Waals surface area contributed by atoms with E-state index in [1.807, 2.05) is 7.05 Å². The van der Waals surface area contributed by atoms with Crippen molar-refractivity contribution in [1.29, 1.82) is 0 Å². The van der Waals surface area contributed by atoms with E-state index >= 15 is 0 Å². The fourth-order valence-corrected chi connectivity index (χ4v) is 2.57. The van der Waals surface area contributed by atoms with E-state index in [2.05, 4.69) is 55.9 Å². The number of aromatic nitrogens is 2. The summed E-state index contributed by atoms with van der Waals surface area (Å²) >= 11 is 0. The molecule has 1 aromatic heterocycles. The summed E-state index contributed by atoms with van der Waals surface area (Å²) in [5.41, 5.74) is 0.153. The SMILES string of the molecule is CNc1cc(N2CCCC2(C)C)nc(C(C)(C)C)n1. The van der Waals surface area contributed by atoms with Gasteiger partial charge in [0.1, 0.15) is 17.5 Å². The highest BCUT2D eigenvalue weighted by Crippen LogP contribution is 2.34. The van der Waals surface area contributed by atoms with E-state index in [0.717, 1.165) is 24.0 Å². The van der Waals surface area contributed by atoms with Crippen LogP contribution in [0.2, 0.25) is 0 Å². The van der Waals surface area contributed by atoms with Gasteiger partial charge in [-0.1, -0.05) is 20.8 Å². The van der Waals surface area contributed by atoms with Crippen LogP contribution in [0.3, 0.4) is 0 Å².